The summed E-state index contributed by atoms with van der Waals surface area (Å²) < 4.78 is 41.6. The van der Waals surface area contributed by atoms with Gasteiger partial charge in [-0.1, -0.05) is 29.8 Å². The number of ether oxygens (including phenoxy) is 1. The van der Waals surface area contributed by atoms with Crippen LogP contribution in [0.4, 0.5) is 24.7 Å². The zero-order valence-electron chi connectivity index (χ0n) is 14.0. The number of rotatable bonds is 4. The minimum atomic E-state index is -4.78. The highest BCUT2D eigenvalue weighted by Crippen LogP contribution is 2.34. The van der Waals surface area contributed by atoms with Crippen molar-refractivity contribution in [1.82, 2.24) is 20.2 Å². The summed E-state index contributed by atoms with van der Waals surface area (Å²) in [6, 6.07) is 12.6. The summed E-state index contributed by atoms with van der Waals surface area (Å²) in [4.78, 5) is 8.33. The molecule has 10 heteroatoms. The van der Waals surface area contributed by atoms with Crippen molar-refractivity contribution in [2.75, 3.05) is 5.32 Å². The Hall–Kier alpha value is -3.33. The lowest BCUT2D eigenvalue weighted by Gasteiger charge is -2.10. The zero-order valence-corrected chi connectivity index (χ0v) is 14.7. The number of halogens is 4. The van der Waals surface area contributed by atoms with E-state index in [4.69, 9.17) is 11.6 Å². The molecule has 28 heavy (non-hydrogen) atoms. The molecular formula is C18H11ClF3N5O. The standard InChI is InChI=1S/C18H11ClF3N5O/c19-11-4-2-5-12(8-11)25-16-14-15(26-27-17(14)24-9-23-16)10-3-1-6-13(7-10)28-18(20,21)22/h1-9H,(H2,23,24,25,26,27). The largest absolute Gasteiger partial charge is 0.573 e. The van der Waals surface area contributed by atoms with Gasteiger partial charge in [0.05, 0.1) is 11.1 Å². The van der Waals surface area contributed by atoms with Crippen molar-refractivity contribution in [2.45, 2.75) is 6.36 Å². The molecule has 0 unspecified atom stereocenters. The van der Waals surface area contributed by atoms with Gasteiger partial charge in [-0.05, 0) is 30.3 Å². The molecule has 0 atom stereocenters. The summed E-state index contributed by atoms with van der Waals surface area (Å²) in [6.45, 7) is 0. The molecule has 0 spiro atoms. The Morgan fingerprint density at radius 1 is 1.04 bits per heavy atom. The van der Waals surface area contributed by atoms with E-state index in [0.29, 0.717) is 38.8 Å². The van der Waals surface area contributed by atoms with Crippen LogP contribution in [-0.2, 0) is 0 Å². The van der Waals surface area contributed by atoms with Crippen LogP contribution in [-0.4, -0.2) is 26.5 Å². The molecule has 0 amide bonds. The Bertz CT molecular complexity index is 1150. The lowest BCUT2D eigenvalue weighted by Crippen LogP contribution is -2.17. The Kier molecular flexibility index (Phi) is 4.52. The minimum absolute atomic E-state index is 0.339. The number of hydrogen-bond acceptors (Lipinski definition) is 5. The molecule has 0 radical (unpaired) electrons. The summed E-state index contributed by atoms with van der Waals surface area (Å²) in [6.07, 6.45) is -3.44. The fourth-order valence-corrected chi connectivity index (χ4v) is 2.90. The van der Waals surface area contributed by atoms with Gasteiger partial charge < -0.3 is 10.1 Å². The Balaban J connectivity index is 1.78. The molecule has 0 aliphatic heterocycles. The number of fused-ring (bicyclic) bond motifs is 1. The van der Waals surface area contributed by atoms with Crippen molar-refractivity contribution in [3.8, 4) is 17.0 Å². The first-order valence-corrected chi connectivity index (χ1v) is 8.35. The van der Waals surface area contributed by atoms with Crippen LogP contribution in [0.1, 0.15) is 0 Å². The van der Waals surface area contributed by atoms with Crippen molar-refractivity contribution < 1.29 is 17.9 Å². The highest BCUT2D eigenvalue weighted by molar-refractivity contribution is 6.30. The molecule has 4 rings (SSSR count). The van der Waals surface area contributed by atoms with Gasteiger partial charge in [-0.25, -0.2) is 9.97 Å². The third-order valence-corrected chi connectivity index (χ3v) is 4.03. The minimum Gasteiger partial charge on any atom is -0.406 e. The van der Waals surface area contributed by atoms with Gasteiger partial charge in [-0.2, -0.15) is 5.10 Å². The molecule has 0 saturated carbocycles. The predicted molar refractivity (Wildman–Crippen MR) is 98.5 cm³/mol. The lowest BCUT2D eigenvalue weighted by atomic mass is 10.1. The molecule has 2 heterocycles. The van der Waals surface area contributed by atoms with Gasteiger partial charge in [-0.15, -0.1) is 13.2 Å². The average Bonchev–Trinajstić information content (AvgIpc) is 3.06. The van der Waals surface area contributed by atoms with E-state index < -0.39 is 6.36 Å². The van der Waals surface area contributed by atoms with E-state index in [1.807, 2.05) is 0 Å². The Morgan fingerprint density at radius 3 is 2.64 bits per heavy atom. The van der Waals surface area contributed by atoms with E-state index in [2.05, 4.69) is 30.2 Å². The Morgan fingerprint density at radius 2 is 1.86 bits per heavy atom. The van der Waals surface area contributed by atoms with Gasteiger partial charge in [0.1, 0.15) is 17.9 Å². The fourth-order valence-electron chi connectivity index (χ4n) is 2.71. The molecule has 0 bridgehead atoms. The van der Waals surface area contributed by atoms with Crippen LogP contribution < -0.4 is 10.1 Å². The number of nitrogens with zero attached hydrogens (tertiary/aromatic N) is 3. The normalized spacial score (nSPS) is 11.6. The molecule has 0 fully saturated rings. The molecule has 2 aromatic carbocycles. The van der Waals surface area contributed by atoms with Crippen molar-refractivity contribution in [3.63, 3.8) is 0 Å². The van der Waals surface area contributed by atoms with E-state index in [-0.39, 0.29) is 5.75 Å². The molecular weight excluding hydrogens is 395 g/mol. The van der Waals surface area contributed by atoms with Crippen LogP contribution in [0, 0.1) is 0 Å². The van der Waals surface area contributed by atoms with Crippen molar-refractivity contribution >= 4 is 34.1 Å². The molecule has 2 aromatic heterocycles. The number of H-pyrrole nitrogens is 1. The van der Waals surface area contributed by atoms with Crippen LogP contribution in [0.15, 0.2) is 54.9 Å². The van der Waals surface area contributed by atoms with Crippen LogP contribution in [0.25, 0.3) is 22.3 Å². The summed E-state index contributed by atoms with van der Waals surface area (Å²) in [5.74, 6) is 0.0899. The third-order valence-electron chi connectivity index (χ3n) is 3.79. The monoisotopic (exact) mass is 405 g/mol. The average molecular weight is 406 g/mol. The molecule has 142 valence electrons. The molecule has 0 saturated heterocycles. The number of hydrogen-bond donors (Lipinski definition) is 2. The number of nitrogens with one attached hydrogen (secondary N) is 2. The third kappa shape index (κ3) is 3.84. The fraction of sp³-hybridized carbons (Fsp3) is 0.0556. The van der Waals surface area contributed by atoms with Gasteiger partial charge in [0.15, 0.2) is 5.65 Å². The maximum atomic E-state index is 12.5. The van der Waals surface area contributed by atoms with Gasteiger partial charge in [0.2, 0.25) is 0 Å². The topological polar surface area (TPSA) is 75.7 Å². The van der Waals surface area contributed by atoms with E-state index in [9.17, 15) is 13.2 Å². The Labute approximate surface area is 161 Å². The quantitative estimate of drug-likeness (QED) is 0.481. The molecule has 0 aliphatic rings. The molecule has 4 aromatic rings. The molecule has 0 aliphatic carbocycles. The summed E-state index contributed by atoms with van der Waals surface area (Å²) in [5, 5.41) is 11.1. The second-order valence-electron chi connectivity index (χ2n) is 5.73. The van der Waals surface area contributed by atoms with Crippen LogP contribution in [0.3, 0.4) is 0 Å². The van der Waals surface area contributed by atoms with Gasteiger partial charge in [0.25, 0.3) is 0 Å². The number of benzene rings is 2. The molecule has 2 N–H and O–H groups in total. The summed E-state index contributed by atoms with van der Waals surface area (Å²) >= 11 is 6.01. The van der Waals surface area contributed by atoms with Crippen LogP contribution in [0.5, 0.6) is 5.75 Å². The second kappa shape index (κ2) is 7.01. The van der Waals surface area contributed by atoms with Gasteiger partial charge in [-0.3, -0.25) is 5.10 Å². The van der Waals surface area contributed by atoms with Crippen molar-refractivity contribution in [3.05, 3.63) is 59.9 Å². The maximum Gasteiger partial charge on any atom is 0.573 e. The van der Waals surface area contributed by atoms with Crippen molar-refractivity contribution in [1.29, 1.82) is 0 Å². The van der Waals surface area contributed by atoms with E-state index in [1.54, 1.807) is 30.3 Å². The first-order chi connectivity index (χ1) is 13.4. The number of alkyl halides is 3. The molecule has 6 nitrogen and oxygen atoms in total. The van der Waals surface area contributed by atoms with E-state index >= 15 is 0 Å². The smallest absolute Gasteiger partial charge is 0.406 e. The zero-order chi connectivity index (χ0) is 19.7. The maximum absolute atomic E-state index is 12.5. The highest BCUT2D eigenvalue weighted by Gasteiger charge is 2.31. The second-order valence-corrected chi connectivity index (χ2v) is 6.17. The summed E-state index contributed by atoms with van der Waals surface area (Å²) in [5.41, 5.74) is 1.94. The van der Waals surface area contributed by atoms with E-state index in [1.165, 1.54) is 24.5 Å². The van der Waals surface area contributed by atoms with Crippen molar-refractivity contribution in [2.24, 2.45) is 0 Å². The van der Waals surface area contributed by atoms with Crippen LogP contribution in [0.2, 0.25) is 5.02 Å². The van der Waals surface area contributed by atoms with Gasteiger partial charge >= 0.3 is 6.36 Å². The number of aromatic nitrogens is 4. The SMILES string of the molecule is FC(F)(F)Oc1cccc(-c2[nH]nc3ncnc(Nc4cccc(Cl)c4)c23)c1. The van der Waals surface area contributed by atoms with E-state index in [0.717, 1.165) is 0 Å². The lowest BCUT2D eigenvalue weighted by molar-refractivity contribution is -0.274. The summed E-state index contributed by atoms with van der Waals surface area (Å²) in [7, 11) is 0. The van der Waals surface area contributed by atoms with Crippen LogP contribution >= 0.6 is 11.6 Å². The number of anilines is 2. The highest BCUT2D eigenvalue weighted by atomic mass is 35.5. The first-order valence-electron chi connectivity index (χ1n) is 7.97. The number of aromatic amines is 1. The predicted octanol–water partition coefficient (Wildman–Crippen LogP) is 5.32. The first kappa shape index (κ1) is 18.1. The van der Waals surface area contributed by atoms with Gasteiger partial charge in [0, 0.05) is 16.3 Å².